The fourth-order valence-corrected chi connectivity index (χ4v) is 2.15. The Balaban J connectivity index is 2.48. The maximum absolute atomic E-state index is 9.82. The lowest BCUT2D eigenvalue weighted by Crippen LogP contribution is -2.40. The van der Waals surface area contributed by atoms with Crippen LogP contribution < -0.4 is 0 Å². The van der Waals surface area contributed by atoms with Crippen molar-refractivity contribution in [2.24, 2.45) is 5.92 Å². The van der Waals surface area contributed by atoms with Crippen molar-refractivity contribution < 1.29 is 9.84 Å². The van der Waals surface area contributed by atoms with Gasteiger partial charge in [0.15, 0.2) is 0 Å². The Morgan fingerprint density at radius 2 is 1.93 bits per heavy atom. The molecule has 84 valence electrons. The summed E-state index contributed by atoms with van der Waals surface area (Å²) >= 11 is 0. The van der Waals surface area contributed by atoms with E-state index in [0.717, 1.165) is 25.2 Å². The van der Waals surface area contributed by atoms with Crippen LogP contribution in [0.1, 0.15) is 53.4 Å². The second-order valence-electron chi connectivity index (χ2n) is 5.42. The third kappa shape index (κ3) is 3.58. The third-order valence-electron chi connectivity index (χ3n) is 2.95. The summed E-state index contributed by atoms with van der Waals surface area (Å²) in [6, 6.07) is 0. The Kier molecular flexibility index (Phi) is 3.96. The van der Waals surface area contributed by atoms with Gasteiger partial charge in [-0.25, -0.2) is 0 Å². The topological polar surface area (TPSA) is 29.5 Å². The summed E-state index contributed by atoms with van der Waals surface area (Å²) in [4.78, 5) is 0. The minimum Gasteiger partial charge on any atom is -0.390 e. The van der Waals surface area contributed by atoms with E-state index in [2.05, 4.69) is 27.7 Å². The van der Waals surface area contributed by atoms with E-state index in [0.29, 0.717) is 0 Å². The van der Waals surface area contributed by atoms with Gasteiger partial charge in [0.05, 0.1) is 17.8 Å². The van der Waals surface area contributed by atoms with Gasteiger partial charge in [-0.05, 0) is 46.0 Å². The summed E-state index contributed by atoms with van der Waals surface area (Å²) < 4.78 is 5.87. The minimum absolute atomic E-state index is 0.0497. The summed E-state index contributed by atoms with van der Waals surface area (Å²) in [6.45, 7) is 8.37. The number of ether oxygens (including phenoxy) is 1. The predicted molar refractivity (Wildman–Crippen MR) is 58.3 cm³/mol. The molecule has 1 fully saturated rings. The Morgan fingerprint density at radius 1 is 1.29 bits per heavy atom. The Labute approximate surface area is 87.7 Å². The van der Waals surface area contributed by atoms with Gasteiger partial charge in [-0.3, -0.25) is 0 Å². The third-order valence-corrected chi connectivity index (χ3v) is 2.95. The zero-order chi connectivity index (χ0) is 10.8. The Morgan fingerprint density at radius 3 is 2.43 bits per heavy atom. The molecular weight excluding hydrogens is 176 g/mol. The van der Waals surface area contributed by atoms with Gasteiger partial charge in [0.25, 0.3) is 0 Å². The van der Waals surface area contributed by atoms with E-state index in [-0.39, 0.29) is 17.8 Å². The fraction of sp³-hybridized carbons (Fsp3) is 1.00. The first kappa shape index (κ1) is 12.0. The van der Waals surface area contributed by atoms with Crippen LogP contribution in [0, 0.1) is 5.92 Å². The monoisotopic (exact) mass is 200 g/mol. The zero-order valence-electron chi connectivity index (χ0n) is 9.92. The molecule has 0 saturated heterocycles. The molecule has 0 radical (unpaired) electrons. The van der Waals surface area contributed by atoms with Crippen LogP contribution in [0.3, 0.4) is 0 Å². The van der Waals surface area contributed by atoms with Crippen LogP contribution in [-0.2, 0) is 4.74 Å². The van der Waals surface area contributed by atoms with Crippen molar-refractivity contribution in [2.45, 2.75) is 71.2 Å². The van der Waals surface area contributed by atoms with E-state index >= 15 is 0 Å². The Bertz CT molecular complexity index is 172. The van der Waals surface area contributed by atoms with Crippen LogP contribution in [0.4, 0.5) is 0 Å². The van der Waals surface area contributed by atoms with Crippen LogP contribution in [0.5, 0.6) is 0 Å². The van der Waals surface area contributed by atoms with Crippen molar-refractivity contribution in [1.29, 1.82) is 0 Å². The maximum atomic E-state index is 9.82. The van der Waals surface area contributed by atoms with Gasteiger partial charge in [0, 0.05) is 0 Å². The molecule has 0 amide bonds. The molecule has 3 unspecified atom stereocenters. The quantitative estimate of drug-likeness (QED) is 0.742. The van der Waals surface area contributed by atoms with Gasteiger partial charge < -0.3 is 9.84 Å². The number of hydrogen-bond donors (Lipinski definition) is 1. The lowest BCUT2D eigenvalue weighted by atomic mass is 9.83. The van der Waals surface area contributed by atoms with E-state index in [4.69, 9.17) is 4.74 Å². The minimum atomic E-state index is -0.253. The van der Waals surface area contributed by atoms with E-state index in [1.54, 1.807) is 0 Å². The van der Waals surface area contributed by atoms with Gasteiger partial charge in [-0.1, -0.05) is 13.3 Å². The molecule has 14 heavy (non-hydrogen) atoms. The average Bonchev–Trinajstić information content (AvgIpc) is 2.06. The van der Waals surface area contributed by atoms with Crippen molar-refractivity contribution in [3.05, 3.63) is 0 Å². The molecule has 0 aromatic carbocycles. The molecule has 1 saturated carbocycles. The molecule has 0 aromatic rings. The number of aliphatic hydroxyl groups is 1. The SMILES string of the molecule is CCC1CCC(O)C(OC(C)(C)C)C1. The van der Waals surface area contributed by atoms with Crippen LogP contribution in [0.15, 0.2) is 0 Å². The van der Waals surface area contributed by atoms with E-state index in [9.17, 15) is 5.11 Å². The van der Waals surface area contributed by atoms with Gasteiger partial charge in [0.2, 0.25) is 0 Å². The fourth-order valence-electron chi connectivity index (χ4n) is 2.15. The first-order valence-corrected chi connectivity index (χ1v) is 5.78. The van der Waals surface area contributed by atoms with Crippen molar-refractivity contribution in [3.8, 4) is 0 Å². The van der Waals surface area contributed by atoms with Crippen molar-refractivity contribution in [1.82, 2.24) is 0 Å². The highest BCUT2D eigenvalue weighted by Gasteiger charge is 2.31. The van der Waals surface area contributed by atoms with Crippen LogP contribution in [-0.4, -0.2) is 22.9 Å². The first-order valence-electron chi connectivity index (χ1n) is 5.78. The lowest BCUT2D eigenvalue weighted by Gasteiger charge is -2.37. The molecule has 1 N–H and O–H groups in total. The summed E-state index contributed by atoms with van der Waals surface area (Å²) in [5, 5.41) is 9.82. The molecule has 0 bridgehead atoms. The van der Waals surface area contributed by atoms with Crippen LogP contribution in [0.2, 0.25) is 0 Å². The second kappa shape index (κ2) is 4.63. The normalized spacial score (nSPS) is 34.5. The molecule has 3 atom stereocenters. The van der Waals surface area contributed by atoms with Gasteiger partial charge >= 0.3 is 0 Å². The van der Waals surface area contributed by atoms with Gasteiger partial charge in [-0.15, -0.1) is 0 Å². The summed E-state index contributed by atoms with van der Waals surface area (Å²) in [5.74, 6) is 0.741. The molecule has 0 aliphatic heterocycles. The molecule has 1 aliphatic rings. The van der Waals surface area contributed by atoms with Crippen LogP contribution >= 0.6 is 0 Å². The summed E-state index contributed by atoms with van der Waals surface area (Å²) in [6.07, 6.45) is 4.08. The highest BCUT2D eigenvalue weighted by Crippen LogP contribution is 2.31. The highest BCUT2D eigenvalue weighted by molar-refractivity contribution is 4.81. The number of rotatable bonds is 2. The smallest absolute Gasteiger partial charge is 0.0843 e. The maximum Gasteiger partial charge on any atom is 0.0843 e. The standard InChI is InChI=1S/C12H24O2/c1-5-9-6-7-10(13)11(8-9)14-12(2,3)4/h9-11,13H,5-8H2,1-4H3. The highest BCUT2D eigenvalue weighted by atomic mass is 16.5. The van der Waals surface area contributed by atoms with Crippen molar-refractivity contribution >= 4 is 0 Å². The molecule has 1 aliphatic carbocycles. The van der Waals surface area contributed by atoms with Crippen molar-refractivity contribution in [2.75, 3.05) is 0 Å². The number of aliphatic hydroxyl groups excluding tert-OH is 1. The Hall–Kier alpha value is -0.0800. The average molecular weight is 200 g/mol. The summed E-state index contributed by atoms with van der Waals surface area (Å²) in [7, 11) is 0. The molecule has 2 nitrogen and oxygen atoms in total. The lowest BCUT2D eigenvalue weighted by molar-refractivity contribution is -0.133. The molecule has 0 aromatic heterocycles. The van der Waals surface area contributed by atoms with Crippen molar-refractivity contribution in [3.63, 3.8) is 0 Å². The molecule has 0 spiro atoms. The van der Waals surface area contributed by atoms with Crippen LogP contribution in [0.25, 0.3) is 0 Å². The number of hydrogen-bond acceptors (Lipinski definition) is 2. The van der Waals surface area contributed by atoms with E-state index < -0.39 is 0 Å². The van der Waals surface area contributed by atoms with Gasteiger partial charge in [0.1, 0.15) is 0 Å². The largest absolute Gasteiger partial charge is 0.390 e. The molecular formula is C12H24O2. The zero-order valence-corrected chi connectivity index (χ0v) is 9.92. The summed E-state index contributed by atoms with van der Waals surface area (Å²) in [5.41, 5.74) is -0.138. The molecule has 2 heteroatoms. The van der Waals surface area contributed by atoms with E-state index in [1.807, 2.05) is 0 Å². The molecule has 1 rings (SSSR count). The first-order chi connectivity index (χ1) is 6.42. The predicted octanol–water partition coefficient (Wildman–Crippen LogP) is 2.74. The van der Waals surface area contributed by atoms with Gasteiger partial charge in [-0.2, -0.15) is 0 Å². The second-order valence-corrected chi connectivity index (χ2v) is 5.42. The molecule has 0 heterocycles. The van der Waals surface area contributed by atoms with E-state index in [1.165, 1.54) is 6.42 Å².